The topological polar surface area (TPSA) is 54.9 Å². The number of aryl methyl sites for hydroxylation is 1. The van der Waals surface area contributed by atoms with Gasteiger partial charge in [0.05, 0.1) is 0 Å². The summed E-state index contributed by atoms with van der Waals surface area (Å²) in [7, 11) is 0. The summed E-state index contributed by atoms with van der Waals surface area (Å²) in [6, 6.07) is 7.13. The van der Waals surface area contributed by atoms with E-state index < -0.39 is 0 Å². The van der Waals surface area contributed by atoms with E-state index in [2.05, 4.69) is 14.7 Å². The minimum Gasteiger partial charge on any atom is -0.297 e. The highest BCUT2D eigenvalue weighted by atomic mass is 35.5. The van der Waals surface area contributed by atoms with E-state index in [-0.39, 0.29) is 5.91 Å². The van der Waals surface area contributed by atoms with Gasteiger partial charge in [-0.05, 0) is 24.6 Å². The zero-order valence-corrected chi connectivity index (χ0v) is 10.7. The molecule has 1 aromatic carbocycles. The Hall–Kier alpha value is -1.46. The molecule has 0 spiro atoms. The molecule has 88 valence electrons. The highest BCUT2D eigenvalue weighted by Gasteiger charge is 2.08. The number of nitrogens with one attached hydrogen (secondary N) is 1. The molecule has 0 atom stereocenters. The number of hydrogen-bond donors (Lipinski definition) is 1. The molecule has 0 unspecified atom stereocenters. The molecule has 2 rings (SSSR count). The first-order valence-corrected chi connectivity index (χ1v) is 6.26. The first-order chi connectivity index (χ1) is 8.19. The Morgan fingerprint density at radius 2 is 2.12 bits per heavy atom. The van der Waals surface area contributed by atoms with E-state index in [1.54, 1.807) is 19.1 Å². The zero-order chi connectivity index (χ0) is 12.3. The molecule has 0 aliphatic heterocycles. The first-order valence-electron chi connectivity index (χ1n) is 4.95. The van der Waals surface area contributed by atoms with Gasteiger partial charge in [-0.25, -0.2) is 4.98 Å². The average molecular weight is 268 g/mol. The first kappa shape index (κ1) is 12.0. The van der Waals surface area contributed by atoms with Crippen LogP contribution in [0.1, 0.15) is 21.7 Å². The number of carbonyl (C=O) groups is 1. The summed E-state index contributed by atoms with van der Waals surface area (Å²) in [5.74, 6) is 0.905. The minimum atomic E-state index is -0.192. The Kier molecular flexibility index (Phi) is 3.71. The van der Waals surface area contributed by atoms with Crippen molar-refractivity contribution in [2.75, 3.05) is 5.32 Å². The second kappa shape index (κ2) is 5.25. The minimum absolute atomic E-state index is 0.192. The number of amides is 1. The molecular formula is C11H10ClN3OS. The van der Waals surface area contributed by atoms with Crippen LogP contribution >= 0.6 is 23.1 Å². The van der Waals surface area contributed by atoms with Crippen LogP contribution in [0.15, 0.2) is 24.3 Å². The van der Waals surface area contributed by atoms with Crippen LogP contribution in [-0.4, -0.2) is 15.3 Å². The van der Waals surface area contributed by atoms with E-state index in [9.17, 15) is 4.79 Å². The van der Waals surface area contributed by atoms with E-state index in [1.807, 2.05) is 12.1 Å². The van der Waals surface area contributed by atoms with Gasteiger partial charge in [0.15, 0.2) is 0 Å². The van der Waals surface area contributed by atoms with Crippen LogP contribution < -0.4 is 5.32 Å². The van der Waals surface area contributed by atoms with Gasteiger partial charge < -0.3 is 0 Å². The summed E-state index contributed by atoms with van der Waals surface area (Å²) in [6.07, 6.45) is 0. The largest absolute Gasteiger partial charge is 0.297 e. The van der Waals surface area contributed by atoms with Gasteiger partial charge in [-0.15, -0.1) is 11.6 Å². The second-order valence-electron chi connectivity index (χ2n) is 3.43. The Labute approximate surface area is 108 Å². The van der Waals surface area contributed by atoms with Crippen molar-refractivity contribution >= 4 is 34.2 Å². The summed E-state index contributed by atoms with van der Waals surface area (Å²) < 4.78 is 3.99. The van der Waals surface area contributed by atoms with Crippen LogP contribution in [0.4, 0.5) is 5.13 Å². The third kappa shape index (κ3) is 3.01. The number of anilines is 1. The number of halogens is 1. The van der Waals surface area contributed by atoms with Gasteiger partial charge in [0.25, 0.3) is 5.91 Å². The van der Waals surface area contributed by atoms with Crippen LogP contribution in [0.5, 0.6) is 0 Å². The second-order valence-corrected chi connectivity index (χ2v) is 4.45. The number of hydrogen-bond acceptors (Lipinski definition) is 4. The lowest BCUT2D eigenvalue weighted by Crippen LogP contribution is -2.11. The molecule has 4 nitrogen and oxygen atoms in total. The smallest absolute Gasteiger partial charge is 0.257 e. The van der Waals surface area contributed by atoms with Crippen molar-refractivity contribution in [3.63, 3.8) is 0 Å². The van der Waals surface area contributed by atoms with Gasteiger partial charge in [0, 0.05) is 23.0 Å². The predicted octanol–water partition coefficient (Wildman–Crippen LogP) is 2.84. The maximum Gasteiger partial charge on any atom is 0.257 e. The van der Waals surface area contributed by atoms with E-state index in [0.717, 1.165) is 5.56 Å². The highest BCUT2D eigenvalue weighted by molar-refractivity contribution is 7.09. The lowest BCUT2D eigenvalue weighted by atomic mass is 10.1. The maximum absolute atomic E-state index is 11.8. The Morgan fingerprint density at radius 1 is 1.41 bits per heavy atom. The monoisotopic (exact) mass is 267 g/mol. The van der Waals surface area contributed by atoms with Gasteiger partial charge in [0.2, 0.25) is 5.13 Å². The van der Waals surface area contributed by atoms with E-state index in [0.29, 0.717) is 22.4 Å². The van der Waals surface area contributed by atoms with Crippen molar-refractivity contribution in [3.05, 3.63) is 41.2 Å². The van der Waals surface area contributed by atoms with Crippen molar-refractivity contribution in [1.29, 1.82) is 0 Å². The Bertz CT molecular complexity index is 524. The molecule has 1 N–H and O–H groups in total. The molecule has 0 radical (unpaired) electrons. The molecule has 0 saturated carbocycles. The molecule has 0 aliphatic carbocycles. The molecule has 2 aromatic rings. The Balaban J connectivity index is 2.09. The van der Waals surface area contributed by atoms with Crippen molar-refractivity contribution < 1.29 is 4.79 Å². The fourth-order valence-electron chi connectivity index (χ4n) is 1.26. The van der Waals surface area contributed by atoms with Crippen LogP contribution in [0.3, 0.4) is 0 Å². The number of carbonyl (C=O) groups excluding carboxylic acids is 1. The van der Waals surface area contributed by atoms with Crippen molar-refractivity contribution in [3.8, 4) is 0 Å². The quantitative estimate of drug-likeness (QED) is 0.870. The molecular weight excluding hydrogens is 258 g/mol. The van der Waals surface area contributed by atoms with E-state index in [1.165, 1.54) is 11.5 Å². The summed E-state index contributed by atoms with van der Waals surface area (Å²) in [6.45, 7) is 1.78. The lowest BCUT2D eigenvalue weighted by Gasteiger charge is -2.01. The molecule has 1 aromatic heterocycles. The summed E-state index contributed by atoms with van der Waals surface area (Å²) in [5.41, 5.74) is 1.56. The van der Waals surface area contributed by atoms with Gasteiger partial charge >= 0.3 is 0 Å². The molecule has 0 fully saturated rings. The number of rotatable bonds is 3. The van der Waals surface area contributed by atoms with E-state index >= 15 is 0 Å². The van der Waals surface area contributed by atoms with Crippen molar-refractivity contribution in [2.24, 2.45) is 0 Å². The Morgan fingerprint density at radius 3 is 2.65 bits per heavy atom. The van der Waals surface area contributed by atoms with Gasteiger partial charge in [-0.3, -0.25) is 10.1 Å². The summed E-state index contributed by atoms with van der Waals surface area (Å²) >= 11 is 6.84. The predicted molar refractivity (Wildman–Crippen MR) is 68.6 cm³/mol. The molecule has 0 aliphatic rings. The normalized spacial score (nSPS) is 10.2. The average Bonchev–Trinajstić information content (AvgIpc) is 2.75. The lowest BCUT2D eigenvalue weighted by molar-refractivity contribution is 0.102. The summed E-state index contributed by atoms with van der Waals surface area (Å²) in [4.78, 5) is 15.9. The standard InChI is InChI=1S/C11H10ClN3OS/c1-7-13-11(17-15-7)14-10(16)9-4-2-8(6-12)3-5-9/h2-5H,6H2,1H3,(H,13,14,15,16). The zero-order valence-electron chi connectivity index (χ0n) is 9.11. The van der Waals surface area contributed by atoms with Crippen molar-refractivity contribution in [2.45, 2.75) is 12.8 Å². The number of benzene rings is 1. The highest BCUT2D eigenvalue weighted by Crippen LogP contribution is 2.13. The summed E-state index contributed by atoms with van der Waals surface area (Å²) in [5, 5.41) is 3.20. The van der Waals surface area contributed by atoms with Crippen LogP contribution in [0, 0.1) is 6.92 Å². The third-order valence-corrected chi connectivity index (χ3v) is 3.15. The fraction of sp³-hybridized carbons (Fsp3) is 0.182. The number of nitrogens with zero attached hydrogens (tertiary/aromatic N) is 2. The van der Waals surface area contributed by atoms with Crippen LogP contribution in [-0.2, 0) is 5.88 Å². The van der Waals surface area contributed by atoms with Gasteiger partial charge in [-0.1, -0.05) is 12.1 Å². The van der Waals surface area contributed by atoms with Crippen LogP contribution in [0.25, 0.3) is 0 Å². The molecule has 6 heteroatoms. The van der Waals surface area contributed by atoms with Gasteiger partial charge in [0.1, 0.15) is 5.82 Å². The van der Waals surface area contributed by atoms with E-state index in [4.69, 9.17) is 11.6 Å². The van der Waals surface area contributed by atoms with Crippen molar-refractivity contribution in [1.82, 2.24) is 9.36 Å². The number of alkyl halides is 1. The molecule has 1 amide bonds. The molecule has 1 heterocycles. The van der Waals surface area contributed by atoms with Gasteiger partial charge in [-0.2, -0.15) is 4.37 Å². The third-order valence-electron chi connectivity index (χ3n) is 2.12. The SMILES string of the molecule is Cc1nsc(NC(=O)c2ccc(CCl)cc2)n1. The molecule has 17 heavy (non-hydrogen) atoms. The maximum atomic E-state index is 11.8. The number of aromatic nitrogens is 2. The molecule has 0 saturated heterocycles. The fourth-order valence-corrected chi connectivity index (χ4v) is 2.01. The molecule has 0 bridgehead atoms. The van der Waals surface area contributed by atoms with Crippen LogP contribution in [0.2, 0.25) is 0 Å².